The molecule has 1 aromatic heterocycles. The maximum Gasteiger partial charge on any atom is 0.115 e. The first-order valence-corrected chi connectivity index (χ1v) is 6.66. The van der Waals surface area contributed by atoms with Gasteiger partial charge in [0.25, 0.3) is 0 Å². The smallest absolute Gasteiger partial charge is 0.115 e. The summed E-state index contributed by atoms with van der Waals surface area (Å²) in [4.78, 5) is 0. The van der Waals surface area contributed by atoms with E-state index in [1.165, 1.54) is 31.2 Å². The second-order valence-electron chi connectivity index (χ2n) is 5.22. The van der Waals surface area contributed by atoms with Crippen molar-refractivity contribution in [1.82, 2.24) is 9.78 Å². The van der Waals surface area contributed by atoms with Gasteiger partial charge in [-0.2, -0.15) is 5.10 Å². The first kappa shape index (κ1) is 11.3. The molecular weight excluding hydrogens is 222 g/mol. The van der Waals surface area contributed by atoms with E-state index in [9.17, 15) is 0 Å². The molecule has 0 aliphatic heterocycles. The van der Waals surface area contributed by atoms with Crippen LogP contribution in [0, 0.1) is 6.92 Å². The zero-order valence-corrected chi connectivity index (χ0v) is 10.8. The van der Waals surface area contributed by atoms with Crippen molar-refractivity contribution < 1.29 is 0 Å². The highest BCUT2D eigenvalue weighted by molar-refractivity contribution is 5.72. The molecule has 3 heteroatoms. The molecule has 94 valence electrons. The van der Waals surface area contributed by atoms with Crippen LogP contribution < -0.4 is 5.73 Å². The fourth-order valence-electron chi connectivity index (χ4n) is 2.70. The van der Waals surface area contributed by atoms with Crippen LogP contribution in [0.25, 0.3) is 11.3 Å². The van der Waals surface area contributed by atoms with Crippen molar-refractivity contribution in [1.29, 1.82) is 0 Å². The van der Waals surface area contributed by atoms with Crippen molar-refractivity contribution in [3.05, 3.63) is 36.0 Å². The normalized spacial score (nSPS) is 16.3. The fourth-order valence-corrected chi connectivity index (χ4v) is 2.70. The Hall–Kier alpha value is -1.77. The van der Waals surface area contributed by atoms with Crippen LogP contribution in [0.2, 0.25) is 0 Å². The number of anilines is 1. The van der Waals surface area contributed by atoms with E-state index in [0.717, 1.165) is 16.9 Å². The Bertz CT molecular complexity index is 533. The Labute approximate surface area is 108 Å². The number of nitrogen functional groups attached to an aromatic ring is 1. The number of nitrogens with two attached hydrogens (primary N) is 1. The SMILES string of the molecule is Cc1ccc(-c2nn(C3CCCC3)cc2N)cc1. The molecule has 0 spiro atoms. The largest absolute Gasteiger partial charge is 0.396 e. The zero-order valence-electron chi connectivity index (χ0n) is 10.8. The molecular formula is C15H19N3. The molecule has 18 heavy (non-hydrogen) atoms. The molecule has 0 radical (unpaired) electrons. The molecule has 0 saturated heterocycles. The van der Waals surface area contributed by atoms with Crippen LogP contribution in [0.15, 0.2) is 30.5 Å². The van der Waals surface area contributed by atoms with E-state index in [1.54, 1.807) is 0 Å². The molecule has 1 aliphatic rings. The Morgan fingerprint density at radius 3 is 2.50 bits per heavy atom. The lowest BCUT2D eigenvalue weighted by Gasteiger charge is -2.08. The summed E-state index contributed by atoms with van der Waals surface area (Å²) >= 11 is 0. The topological polar surface area (TPSA) is 43.8 Å². The van der Waals surface area contributed by atoms with Crippen molar-refractivity contribution in [2.24, 2.45) is 0 Å². The first-order valence-electron chi connectivity index (χ1n) is 6.66. The van der Waals surface area contributed by atoms with E-state index < -0.39 is 0 Å². The van der Waals surface area contributed by atoms with Gasteiger partial charge in [-0.1, -0.05) is 42.7 Å². The Morgan fingerprint density at radius 1 is 1.17 bits per heavy atom. The summed E-state index contributed by atoms with van der Waals surface area (Å²) in [7, 11) is 0. The van der Waals surface area contributed by atoms with Crippen LogP contribution in [0.5, 0.6) is 0 Å². The van der Waals surface area contributed by atoms with E-state index in [-0.39, 0.29) is 0 Å². The third kappa shape index (κ3) is 2.01. The quantitative estimate of drug-likeness (QED) is 0.873. The highest BCUT2D eigenvalue weighted by Gasteiger charge is 2.19. The van der Waals surface area contributed by atoms with Crippen LogP contribution in [-0.4, -0.2) is 9.78 Å². The minimum atomic E-state index is 0.548. The number of hydrogen-bond donors (Lipinski definition) is 1. The van der Waals surface area contributed by atoms with Crippen molar-refractivity contribution in [2.75, 3.05) is 5.73 Å². The van der Waals surface area contributed by atoms with Gasteiger partial charge in [0, 0.05) is 11.8 Å². The lowest BCUT2D eigenvalue weighted by atomic mass is 10.1. The minimum absolute atomic E-state index is 0.548. The summed E-state index contributed by atoms with van der Waals surface area (Å²) < 4.78 is 2.07. The van der Waals surface area contributed by atoms with Gasteiger partial charge in [0.05, 0.1) is 11.7 Å². The Morgan fingerprint density at radius 2 is 1.83 bits per heavy atom. The summed E-state index contributed by atoms with van der Waals surface area (Å²) in [6, 6.07) is 8.93. The third-order valence-corrected chi connectivity index (χ3v) is 3.78. The fraction of sp³-hybridized carbons (Fsp3) is 0.400. The molecule has 1 aliphatic carbocycles. The highest BCUT2D eigenvalue weighted by Crippen LogP contribution is 2.32. The number of hydrogen-bond acceptors (Lipinski definition) is 2. The van der Waals surface area contributed by atoms with Crippen molar-refractivity contribution in [3.8, 4) is 11.3 Å². The standard InChI is InChI=1S/C15H19N3/c1-11-6-8-12(9-7-11)15-14(16)10-18(17-15)13-4-2-3-5-13/h6-10,13H,2-5,16H2,1H3. The Balaban J connectivity index is 1.94. The van der Waals surface area contributed by atoms with Crippen molar-refractivity contribution in [3.63, 3.8) is 0 Å². The molecule has 1 saturated carbocycles. The number of aromatic nitrogens is 2. The second-order valence-corrected chi connectivity index (χ2v) is 5.22. The van der Waals surface area contributed by atoms with Crippen LogP contribution in [-0.2, 0) is 0 Å². The maximum atomic E-state index is 6.10. The molecule has 3 rings (SSSR count). The molecule has 1 aromatic carbocycles. The average molecular weight is 241 g/mol. The molecule has 0 amide bonds. The Kier molecular flexibility index (Phi) is 2.82. The van der Waals surface area contributed by atoms with Crippen molar-refractivity contribution >= 4 is 5.69 Å². The van der Waals surface area contributed by atoms with Gasteiger partial charge in [-0.15, -0.1) is 0 Å². The maximum absolute atomic E-state index is 6.10. The third-order valence-electron chi connectivity index (χ3n) is 3.78. The van der Waals surface area contributed by atoms with Gasteiger partial charge >= 0.3 is 0 Å². The monoisotopic (exact) mass is 241 g/mol. The molecule has 0 atom stereocenters. The first-order chi connectivity index (χ1) is 8.74. The summed E-state index contributed by atoms with van der Waals surface area (Å²) in [5.41, 5.74) is 10.2. The van der Waals surface area contributed by atoms with Gasteiger partial charge in [-0.05, 0) is 19.8 Å². The van der Waals surface area contributed by atoms with E-state index in [0.29, 0.717) is 6.04 Å². The van der Waals surface area contributed by atoms with Gasteiger partial charge in [0.2, 0.25) is 0 Å². The van der Waals surface area contributed by atoms with Crippen LogP contribution >= 0.6 is 0 Å². The minimum Gasteiger partial charge on any atom is -0.396 e. The van der Waals surface area contributed by atoms with E-state index in [2.05, 4.69) is 41.0 Å². The lowest BCUT2D eigenvalue weighted by molar-refractivity contribution is 0.468. The molecule has 2 aromatic rings. The van der Waals surface area contributed by atoms with Crippen molar-refractivity contribution in [2.45, 2.75) is 38.6 Å². The number of aryl methyl sites for hydroxylation is 1. The molecule has 0 bridgehead atoms. The summed E-state index contributed by atoms with van der Waals surface area (Å²) in [5.74, 6) is 0. The van der Waals surface area contributed by atoms with Crippen LogP contribution in [0.3, 0.4) is 0 Å². The van der Waals surface area contributed by atoms with Gasteiger partial charge in [0.15, 0.2) is 0 Å². The zero-order chi connectivity index (χ0) is 12.5. The van der Waals surface area contributed by atoms with Gasteiger partial charge < -0.3 is 5.73 Å². The number of rotatable bonds is 2. The number of nitrogens with zero attached hydrogens (tertiary/aromatic N) is 2. The number of benzene rings is 1. The summed E-state index contributed by atoms with van der Waals surface area (Å²) in [6.07, 6.45) is 7.07. The average Bonchev–Trinajstić information content (AvgIpc) is 2.99. The summed E-state index contributed by atoms with van der Waals surface area (Å²) in [5, 5.41) is 4.68. The summed E-state index contributed by atoms with van der Waals surface area (Å²) in [6.45, 7) is 2.09. The van der Waals surface area contributed by atoms with Crippen LogP contribution in [0.4, 0.5) is 5.69 Å². The van der Waals surface area contributed by atoms with Gasteiger partial charge in [0.1, 0.15) is 5.69 Å². The van der Waals surface area contributed by atoms with Gasteiger partial charge in [-0.3, -0.25) is 4.68 Å². The molecule has 1 heterocycles. The lowest BCUT2D eigenvalue weighted by Crippen LogP contribution is -2.04. The molecule has 2 N–H and O–H groups in total. The molecule has 3 nitrogen and oxygen atoms in total. The predicted octanol–water partition coefficient (Wildman–Crippen LogP) is 3.56. The predicted molar refractivity (Wildman–Crippen MR) is 74.3 cm³/mol. The van der Waals surface area contributed by atoms with E-state index >= 15 is 0 Å². The van der Waals surface area contributed by atoms with E-state index in [1.807, 2.05) is 6.20 Å². The highest BCUT2D eigenvalue weighted by atomic mass is 15.3. The van der Waals surface area contributed by atoms with Gasteiger partial charge in [-0.25, -0.2) is 0 Å². The molecule has 0 unspecified atom stereocenters. The second kappa shape index (κ2) is 4.48. The molecule has 1 fully saturated rings. The van der Waals surface area contributed by atoms with E-state index in [4.69, 9.17) is 5.73 Å². The van der Waals surface area contributed by atoms with Crippen LogP contribution in [0.1, 0.15) is 37.3 Å².